The Labute approximate surface area is 112 Å². The molecule has 0 amide bonds. The van der Waals surface area contributed by atoms with Gasteiger partial charge in [-0.05, 0) is 25.7 Å². The average molecular weight is 257 g/mol. The Balaban J connectivity index is 2.74. The van der Waals surface area contributed by atoms with Crippen LogP contribution in [0.3, 0.4) is 0 Å². The quantitative estimate of drug-likeness (QED) is 0.539. The minimum Gasteiger partial charge on any atom is -0.379 e. The molecule has 1 aliphatic heterocycles. The molecule has 4 nitrogen and oxygen atoms in total. The molecule has 0 aliphatic carbocycles. The number of ether oxygens (including phenoxy) is 1. The first-order valence-corrected chi connectivity index (χ1v) is 7.37. The van der Waals surface area contributed by atoms with Gasteiger partial charge in [0.05, 0.1) is 13.2 Å². The van der Waals surface area contributed by atoms with E-state index in [1.54, 1.807) is 0 Å². The van der Waals surface area contributed by atoms with Crippen molar-refractivity contribution in [1.29, 1.82) is 0 Å². The highest BCUT2D eigenvalue weighted by atomic mass is 16.5. The largest absolute Gasteiger partial charge is 0.379 e. The van der Waals surface area contributed by atoms with Crippen molar-refractivity contribution in [1.82, 2.24) is 10.3 Å². The van der Waals surface area contributed by atoms with Crippen molar-refractivity contribution in [3.8, 4) is 0 Å². The summed E-state index contributed by atoms with van der Waals surface area (Å²) in [6, 6.07) is 0.343. The van der Waals surface area contributed by atoms with Crippen molar-refractivity contribution in [2.45, 2.75) is 58.5 Å². The van der Waals surface area contributed by atoms with E-state index in [4.69, 9.17) is 10.6 Å². The average Bonchev–Trinajstić information content (AvgIpc) is 2.44. The maximum absolute atomic E-state index is 5.84. The van der Waals surface area contributed by atoms with E-state index in [2.05, 4.69) is 38.0 Å². The summed E-state index contributed by atoms with van der Waals surface area (Å²) in [6.07, 6.45) is 3.45. The van der Waals surface area contributed by atoms with E-state index in [-0.39, 0.29) is 5.54 Å². The van der Waals surface area contributed by atoms with Gasteiger partial charge in [0, 0.05) is 24.7 Å². The molecule has 0 aromatic rings. The standard InChI is InChI=1S/C14H31N3O/c1-5-12(3)11-13(16-15)14(4,6-2)17-7-9-18-10-8-17/h12-13,16H,5-11,15H2,1-4H3. The Hall–Kier alpha value is -0.160. The van der Waals surface area contributed by atoms with Crippen molar-refractivity contribution in [2.75, 3.05) is 26.3 Å². The second-order valence-corrected chi connectivity index (χ2v) is 5.78. The van der Waals surface area contributed by atoms with Crippen LogP contribution in [0.4, 0.5) is 0 Å². The third-order valence-electron chi connectivity index (χ3n) is 4.74. The van der Waals surface area contributed by atoms with Crippen molar-refractivity contribution in [3.63, 3.8) is 0 Å². The summed E-state index contributed by atoms with van der Waals surface area (Å²) >= 11 is 0. The molecular weight excluding hydrogens is 226 g/mol. The summed E-state index contributed by atoms with van der Waals surface area (Å²) in [5.74, 6) is 6.54. The summed E-state index contributed by atoms with van der Waals surface area (Å²) in [4.78, 5) is 2.55. The molecule has 0 saturated carbocycles. The van der Waals surface area contributed by atoms with Gasteiger partial charge in [0.2, 0.25) is 0 Å². The second-order valence-electron chi connectivity index (χ2n) is 5.78. The van der Waals surface area contributed by atoms with Crippen molar-refractivity contribution >= 4 is 0 Å². The zero-order chi connectivity index (χ0) is 13.6. The van der Waals surface area contributed by atoms with Crippen LogP contribution < -0.4 is 11.3 Å². The number of nitrogens with one attached hydrogen (secondary N) is 1. The highest BCUT2D eigenvalue weighted by molar-refractivity contribution is 4.96. The normalized spacial score (nSPS) is 24.5. The molecule has 1 rings (SSSR count). The minimum absolute atomic E-state index is 0.127. The predicted octanol–water partition coefficient (Wildman–Crippen LogP) is 1.76. The molecule has 3 atom stereocenters. The summed E-state index contributed by atoms with van der Waals surface area (Å²) in [6.45, 7) is 12.9. The summed E-state index contributed by atoms with van der Waals surface area (Å²) in [5, 5.41) is 0. The molecule has 4 heteroatoms. The van der Waals surface area contributed by atoms with Crippen molar-refractivity contribution < 1.29 is 4.74 Å². The van der Waals surface area contributed by atoms with Gasteiger partial charge >= 0.3 is 0 Å². The molecule has 0 spiro atoms. The smallest absolute Gasteiger partial charge is 0.0594 e. The van der Waals surface area contributed by atoms with E-state index in [1.807, 2.05) is 0 Å². The van der Waals surface area contributed by atoms with Crippen LogP contribution in [0.2, 0.25) is 0 Å². The molecule has 108 valence electrons. The molecule has 1 saturated heterocycles. The predicted molar refractivity (Wildman–Crippen MR) is 76.3 cm³/mol. The number of hydrazine groups is 1. The van der Waals surface area contributed by atoms with E-state index < -0.39 is 0 Å². The third kappa shape index (κ3) is 3.67. The molecule has 0 radical (unpaired) electrons. The van der Waals surface area contributed by atoms with E-state index >= 15 is 0 Å². The number of morpholine rings is 1. The van der Waals surface area contributed by atoms with Crippen molar-refractivity contribution in [2.24, 2.45) is 11.8 Å². The van der Waals surface area contributed by atoms with Crippen molar-refractivity contribution in [3.05, 3.63) is 0 Å². The van der Waals surface area contributed by atoms with Gasteiger partial charge in [-0.3, -0.25) is 16.2 Å². The lowest BCUT2D eigenvalue weighted by molar-refractivity contribution is -0.0353. The zero-order valence-electron chi connectivity index (χ0n) is 12.5. The van der Waals surface area contributed by atoms with Crippen LogP contribution in [0.5, 0.6) is 0 Å². The molecule has 0 aromatic carbocycles. The van der Waals surface area contributed by atoms with Gasteiger partial charge in [0.1, 0.15) is 0 Å². The van der Waals surface area contributed by atoms with Gasteiger partial charge in [-0.1, -0.05) is 27.2 Å². The second kappa shape index (κ2) is 7.43. The SMILES string of the molecule is CCC(C)CC(NN)C(C)(CC)N1CCOCC1. The Bertz CT molecular complexity index is 231. The Morgan fingerprint density at radius 1 is 1.33 bits per heavy atom. The topological polar surface area (TPSA) is 50.5 Å². The van der Waals surface area contributed by atoms with Gasteiger partial charge in [-0.2, -0.15) is 0 Å². The monoisotopic (exact) mass is 257 g/mol. The van der Waals surface area contributed by atoms with Gasteiger partial charge in [-0.25, -0.2) is 0 Å². The fourth-order valence-corrected chi connectivity index (χ4v) is 2.84. The van der Waals surface area contributed by atoms with E-state index in [0.29, 0.717) is 12.0 Å². The third-order valence-corrected chi connectivity index (χ3v) is 4.74. The highest BCUT2D eigenvalue weighted by Crippen LogP contribution is 2.28. The van der Waals surface area contributed by atoms with E-state index in [0.717, 1.165) is 39.1 Å². The molecule has 18 heavy (non-hydrogen) atoms. The molecule has 1 heterocycles. The van der Waals surface area contributed by atoms with Crippen LogP contribution >= 0.6 is 0 Å². The lowest BCUT2D eigenvalue weighted by atomic mass is 9.81. The lowest BCUT2D eigenvalue weighted by Gasteiger charge is -2.48. The molecule has 0 bridgehead atoms. The summed E-state index contributed by atoms with van der Waals surface area (Å²) < 4.78 is 5.46. The maximum Gasteiger partial charge on any atom is 0.0594 e. The molecule has 1 aliphatic rings. The minimum atomic E-state index is 0.127. The number of rotatable bonds is 7. The Morgan fingerprint density at radius 3 is 2.39 bits per heavy atom. The van der Waals surface area contributed by atoms with E-state index in [9.17, 15) is 0 Å². The van der Waals surface area contributed by atoms with Crippen LogP contribution in [0.1, 0.15) is 47.0 Å². The van der Waals surface area contributed by atoms with Crippen LogP contribution in [-0.2, 0) is 4.74 Å². The highest BCUT2D eigenvalue weighted by Gasteiger charge is 2.38. The fraction of sp³-hybridized carbons (Fsp3) is 1.00. The van der Waals surface area contributed by atoms with Gasteiger partial charge in [-0.15, -0.1) is 0 Å². The lowest BCUT2D eigenvalue weighted by Crippen LogP contribution is -2.63. The number of nitrogens with zero attached hydrogens (tertiary/aromatic N) is 1. The zero-order valence-corrected chi connectivity index (χ0v) is 12.5. The summed E-state index contributed by atoms with van der Waals surface area (Å²) in [5.41, 5.74) is 3.20. The van der Waals surface area contributed by atoms with Gasteiger partial charge in [0.15, 0.2) is 0 Å². The van der Waals surface area contributed by atoms with Gasteiger partial charge in [0.25, 0.3) is 0 Å². The molecular formula is C14H31N3O. The number of hydrogen-bond acceptors (Lipinski definition) is 4. The number of nitrogens with two attached hydrogens (primary N) is 1. The first-order valence-electron chi connectivity index (χ1n) is 7.37. The first-order chi connectivity index (χ1) is 8.58. The molecule has 3 N–H and O–H groups in total. The van der Waals surface area contributed by atoms with Crippen LogP contribution in [0, 0.1) is 5.92 Å². The number of hydrogen-bond donors (Lipinski definition) is 2. The summed E-state index contributed by atoms with van der Waals surface area (Å²) in [7, 11) is 0. The van der Waals surface area contributed by atoms with Crippen LogP contribution in [0.25, 0.3) is 0 Å². The van der Waals surface area contributed by atoms with Gasteiger partial charge < -0.3 is 4.74 Å². The molecule has 0 aromatic heterocycles. The maximum atomic E-state index is 5.84. The molecule has 1 fully saturated rings. The van der Waals surface area contributed by atoms with Crippen LogP contribution in [0.15, 0.2) is 0 Å². The fourth-order valence-electron chi connectivity index (χ4n) is 2.84. The van der Waals surface area contributed by atoms with E-state index in [1.165, 1.54) is 6.42 Å². The Morgan fingerprint density at radius 2 is 1.94 bits per heavy atom. The molecule has 3 unspecified atom stereocenters. The Kier molecular flexibility index (Phi) is 6.57. The van der Waals surface area contributed by atoms with Crippen LogP contribution in [-0.4, -0.2) is 42.8 Å². The first kappa shape index (κ1) is 15.9.